The maximum Gasteiger partial charge on any atom is 0.171 e. The number of fused-ring (bicyclic) bond motifs is 1. The molecule has 0 aliphatic carbocycles. The molecular formula is C14H19N3S. The van der Waals surface area contributed by atoms with Crippen LogP contribution in [0, 0.1) is 0 Å². The number of hydrogen-bond acceptors (Lipinski definition) is 2. The minimum Gasteiger partial charge on any atom is -0.363 e. The van der Waals surface area contributed by atoms with E-state index in [2.05, 4.69) is 15.6 Å². The molecule has 0 aliphatic heterocycles. The van der Waals surface area contributed by atoms with Crippen LogP contribution < -0.4 is 10.6 Å². The molecule has 0 saturated carbocycles. The second kappa shape index (κ2) is 7.61. The van der Waals surface area contributed by atoms with Crippen molar-refractivity contribution >= 4 is 34.1 Å². The Balaban J connectivity index is 0.000000771. The van der Waals surface area contributed by atoms with E-state index in [0.29, 0.717) is 5.11 Å². The van der Waals surface area contributed by atoms with Crippen LogP contribution in [0.5, 0.6) is 0 Å². The quantitative estimate of drug-likeness (QED) is 0.810. The molecule has 0 radical (unpaired) electrons. The van der Waals surface area contributed by atoms with Crippen molar-refractivity contribution in [3.63, 3.8) is 0 Å². The van der Waals surface area contributed by atoms with Crippen LogP contribution in [0.4, 0.5) is 5.82 Å². The molecule has 2 N–H and O–H groups in total. The Kier molecular flexibility index (Phi) is 6.08. The van der Waals surface area contributed by atoms with E-state index in [-0.39, 0.29) is 0 Å². The van der Waals surface area contributed by atoms with Gasteiger partial charge in [0.2, 0.25) is 0 Å². The lowest BCUT2D eigenvalue weighted by atomic mass is 10.2. The van der Waals surface area contributed by atoms with E-state index in [1.54, 1.807) is 0 Å². The van der Waals surface area contributed by atoms with Gasteiger partial charge in [-0.15, -0.1) is 0 Å². The summed E-state index contributed by atoms with van der Waals surface area (Å²) in [7, 11) is 0. The van der Waals surface area contributed by atoms with Crippen molar-refractivity contribution < 1.29 is 0 Å². The molecule has 96 valence electrons. The second-order valence-corrected chi connectivity index (χ2v) is 3.78. The fraction of sp³-hybridized carbons (Fsp3) is 0.286. The van der Waals surface area contributed by atoms with E-state index in [9.17, 15) is 0 Å². The van der Waals surface area contributed by atoms with Gasteiger partial charge in [-0.1, -0.05) is 32.0 Å². The second-order valence-electron chi connectivity index (χ2n) is 3.37. The molecule has 4 heteroatoms. The van der Waals surface area contributed by atoms with E-state index in [0.717, 1.165) is 23.3 Å². The molecule has 0 bridgehead atoms. The molecule has 0 unspecified atom stereocenters. The van der Waals surface area contributed by atoms with Crippen molar-refractivity contribution in [2.75, 3.05) is 11.9 Å². The van der Waals surface area contributed by atoms with Gasteiger partial charge in [-0.2, -0.15) is 0 Å². The van der Waals surface area contributed by atoms with E-state index in [4.69, 9.17) is 12.2 Å². The summed E-state index contributed by atoms with van der Waals surface area (Å²) in [5.74, 6) is 0.768. The van der Waals surface area contributed by atoms with Crippen LogP contribution in [0.3, 0.4) is 0 Å². The predicted octanol–water partition coefficient (Wildman–Crippen LogP) is 3.57. The lowest BCUT2D eigenvalue weighted by Crippen LogP contribution is -2.28. The summed E-state index contributed by atoms with van der Waals surface area (Å²) in [6.07, 6.45) is 0. The third-order valence-electron chi connectivity index (χ3n) is 2.18. The van der Waals surface area contributed by atoms with Gasteiger partial charge in [0.05, 0.1) is 5.52 Å². The number of benzene rings is 1. The molecule has 0 spiro atoms. The van der Waals surface area contributed by atoms with Gasteiger partial charge in [-0.05, 0) is 37.3 Å². The molecule has 0 atom stereocenters. The highest BCUT2D eigenvalue weighted by molar-refractivity contribution is 7.80. The van der Waals surface area contributed by atoms with Crippen molar-refractivity contribution in [3.05, 3.63) is 36.4 Å². The third kappa shape index (κ3) is 3.96. The number of anilines is 1. The molecule has 0 saturated heterocycles. The zero-order valence-electron chi connectivity index (χ0n) is 11.0. The third-order valence-corrected chi connectivity index (χ3v) is 2.42. The van der Waals surface area contributed by atoms with Gasteiger partial charge in [0, 0.05) is 11.9 Å². The minimum absolute atomic E-state index is 0.602. The van der Waals surface area contributed by atoms with Crippen LogP contribution in [-0.4, -0.2) is 16.6 Å². The number of para-hydroxylation sites is 1. The molecule has 2 aromatic rings. The number of aromatic nitrogens is 1. The predicted molar refractivity (Wildman–Crippen MR) is 83.0 cm³/mol. The highest BCUT2D eigenvalue weighted by Crippen LogP contribution is 2.14. The lowest BCUT2D eigenvalue weighted by Gasteiger charge is -2.08. The average molecular weight is 261 g/mol. The molecule has 0 fully saturated rings. The van der Waals surface area contributed by atoms with Gasteiger partial charge in [0.15, 0.2) is 5.11 Å². The zero-order chi connectivity index (χ0) is 13.4. The largest absolute Gasteiger partial charge is 0.363 e. The van der Waals surface area contributed by atoms with Gasteiger partial charge in [0.1, 0.15) is 5.82 Å². The summed E-state index contributed by atoms with van der Waals surface area (Å²) >= 11 is 5.10. The summed E-state index contributed by atoms with van der Waals surface area (Å²) in [5.41, 5.74) is 0.965. The minimum atomic E-state index is 0.602. The normalized spacial score (nSPS) is 9.28. The molecule has 3 nitrogen and oxygen atoms in total. The Bertz CT molecular complexity index is 511. The van der Waals surface area contributed by atoms with Crippen molar-refractivity contribution in [2.24, 2.45) is 0 Å². The highest BCUT2D eigenvalue weighted by Gasteiger charge is 1.99. The SMILES string of the molecule is CC.CCNC(=S)Nc1ccc2ccccc2n1. The highest BCUT2D eigenvalue weighted by atomic mass is 32.1. The summed E-state index contributed by atoms with van der Waals surface area (Å²) in [4.78, 5) is 4.46. The number of thiocarbonyl (C=S) groups is 1. The number of nitrogens with zero attached hydrogens (tertiary/aromatic N) is 1. The maximum absolute atomic E-state index is 5.10. The van der Waals surface area contributed by atoms with Crippen LogP contribution in [0.2, 0.25) is 0 Å². The summed E-state index contributed by atoms with van der Waals surface area (Å²) in [6.45, 7) is 6.81. The standard InChI is InChI=1S/C12H13N3S.C2H6/c1-2-13-12(16)15-11-8-7-9-5-3-4-6-10(9)14-11;1-2/h3-8H,2H2,1H3,(H2,13,14,15,16);1-2H3. The van der Waals surface area contributed by atoms with E-state index < -0.39 is 0 Å². The maximum atomic E-state index is 5.10. The summed E-state index contributed by atoms with van der Waals surface area (Å²) < 4.78 is 0. The fourth-order valence-electron chi connectivity index (χ4n) is 1.46. The molecular weight excluding hydrogens is 242 g/mol. The number of hydrogen-bond donors (Lipinski definition) is 2. The van der Waals surface area contributed by atoms with Crippen molar-refractivity contribution in [2.45, 2.75) is 20.8 Å². The van der Waals surface area contributed by atoms with E-state index >= 15 is 0 Å². The van der Waals surface area contributed by atoms with Gasteiger partial charge < -0.3 is 10.6 Å². The topological polar surface area (TPSA) is 37.0 Å². The smallest absolute Gasteiger partial charge is 0.171 e. The number of nitrogens with one attached hydrogen (secondary N) is 2. The summed E-state index contributed by atoms with van der Waals surface area (Å²) in [5, 5.41) is 7.80. The first-order valence-corrected chi connectivity index (χ1v) is 6.61. The first-order chi connectivity index (χ1) is 8.79. The molecule has 2 rings (SSSR count). The monoisotopic (exact) mass is 261 g/mol. The van der Waals surface area contributed by atoms with Crippen LogP contribution in [0.25, 0.3) is 10.9 Å². The molecule has 1 heterocycles. The molecule has 18 heavy (non-hydrogen) atoms. The van der Waals surface area contributed by atoms with Gasteiger partial charge in [-0.25, -0.2) is 4.98 Å². The number of rotatable bonds is 2. The molecule has 0 aliphatic rings. The van der Waals surface area contributed by atoms with Crippen molar-refractivity contribution in [3.8, 4) is 0 Å². The molecule has 1 aromatic carbocycles. The molecule has 1 aromatic heterocycles. The van der Waals surface area contributed by atoms with E-state index in [1.807, 2.05) is 57.2 Å². The van der Waals surface area contributed by atoms with Crippen molar-refractivity contribution in [1.82, 2.24) is 10.3 Å². The van der Waals surface area contributed by atoms with Gasteiger partial charge in [-0.3, -0.25) is 0 Å². The van der Waals surface area contributed by atoms with Gasteiger partial charge in [0.25, 0.3) is 0 Å². The first-order valence-electron chi connectivity index (χ1n) is 6.20. The Morgan fingerprint density at radius 1 is 1.17 bits per heavy atom. The Hall–Kier alpha value is -1.68. The van der Waals surface area contributed by atoms with Crippen molar-refractivity contribution in [1.29, 1.82) is 0 Å². The average Bonchev–Trinajstić information content (AvgIpc) is 2.41. The molecule has 0 amide bonds. The van der Waals surface area contributed by atoms with E-state index in [1.165, 1.54) is 0 Å². The van der Waals surface area contributed by atoms with Crippen LogP contribution in [0.15, 0.2) is 36.4 Å². The Morgan fingerprint density at radius 2 is 1.89 bits per heavy atom. The Labute approximate surface area is 114 Å². The fourth-order valence-corrected chi connectivity index (χ4v) is 1.71. The van der Waals surface area contributed by atoms with Crippen LogP contribution in [0.1, 0.15) is 20.8 Å². The Morgan fingerprint density at radius 3 is 2.61 bits per heavy atom. The van der Waals surface area contributed by atoms with Gasteiger partial charge >= 0.3 is 0 Å². The number of pyridine rings is 1. The summed E-state index contributed by atoms with van der Waals surface area (Å²) in [6, 6.07) is 11.9. The first kappa shape index (κ1) is 14.4. The lowest BCUT2D eigenvalue weighted by molar-refractivity contribution is 0.978. The van der Waals surface area contributed by atoms with Crippen LogP contribution in [-0.2, 0) is 0 Å². The van der Waals surface area contributed by atoms with Crippen LogP contribution >= 0.6 is 12.2 Å². The zero-order valence-corrected chi connectivity index (χ0v) is 11.8.